The minimum Gasteiger partial charge on any atom is -0.494 e. The Kier molecular flexibility index (Phi) is 5.31. The van der Waals surface area contributed by atoms with Gasteiger partial charge < -0.3 is 10.1 Å². The van der Waals surface area contributed by atoms with Crippen molar-refractivity contribution in [2.45, 2.75) is 27.7 Å². The lowest BCUT2D eigenvalue weighted by Gasteiger charge is -2.15. The smallest absolute Gasteiger partial charge is 0.280 e. The average molecular weight is 377 g/mol. The molecule has 0 spiro atoms. The first-order valence-corrected chi connectivity index (χ1v) is 8.95. The maximum atomic E-state index is 13.0. The number of rotatable bonds is 4. The predicted molar refractivity (Wildman–Crippen MR) is 110 cm³/mol. The van der Waals surface area contributed by atoms with Crippen molar-refractivity contribution in [2.75, 3.05) is 12.4 Å². The number of ether oxygens (including phenoxy) is 1. The topological polar surface area (TPSA) is 73.2 Å². The van der Waals surface area contributed by atoms with E-state index in [9.17, 15) is 9.59 Å². The molecule has 28 heavy (non-hydrogen) atoms. The number of methoxy groups -OCH3 is 1. The molecule has 3 rings (SSSR count). The zero-order valence-corrected chi connectivity index (χ0v) is 16.7. The summed E-state index contributed by atoms with van der Waals surface area (Å²) >= 11 is 0. The second-order valence-corrected chi connectivity index (χ2v) is 6.83. The molecule has 0 aliphatic carbocycles. The van der Waals surface area contributed by atoms with E-state index in [1.807, 2.05) is 58.0 Å². The quantitative estimate of drug-likeness (QED) is 0.752. The van der Waals surface area contributed by atoms with Gasteiger partial charge >= 0.3 is 0 Å². The van der Waals surface area contributed by atoms with Crippen LogP contribution in [0.25, 0.3) is 5.69 Å². The number of amides is 1. The number of hydrogen-bond donors (Lipinski definition) is 1. The Morgan fingerprint density at radius 2 is 1.64 bits per heavy atom. The van der Waals surface area contributed by atoms with Crippen molar-refractivity contribution in [3.63, 3.8) is 0 Å². The van der Waals surface area contributed by atoms with Crippen LogP contribution in [0.4, 0.5) is 5.69 Å². The summed E-state index contributed by atoms with van der Waals surface area (Å²) in [5, 5.41) is 7.23. The number of hydrogen-bond acceptors (Lipinski definition) is 4. The monoisotopic (exact) mass is 377 g/mol. The SMILES string of the molecule is COc1cc(=O)n(-c2ccccc2C)nc1C(=O)Nc1c(C)cc(C)cc1C. The van der Waals surface area contributed by atoms with Crippen LogP contribution in [-0.4, -0.2) is 22.8 Å². The molecule has 1 amide bonds. The number of carbonyl (C=O) groups excluding carboxylic acids is 1. The third-order valence-corrected chi connectivity index (χ3v) is 4.59. The molecule has 0 bridgehead atoms. The van der Waals surface area contributed by atoms with Gasteiger partial charge in [-0.2, -0.15) is 9.78 Å². The molecule has 0 saturated carbocycles. The third-order valence-electron chi connectivity index (χ3n) is 4.59. The van der Waals surface area contributed by atoms with Crippen LogP contribution < -0.4 is 15.6 Å². The van der Waals surface area contributed by atoms with Crippen LogP contribution in [0.3, 0.4) is 0 Å². The first kappa shape index (κ1) is 19.4. The van der Waals surface area contributed by atoms with Crippen LogP contribution in [0.1, 0.15) is 32.7 Å². The lowest BCUT2D eigenvalue weighted by Crippen LogP contribution is -2.27. The Hall–Kier alpha value is -3.41. The molecular formula is C22H23N3O3. The van der Waals surface area contributed by atoms with E-state index in [2.05, 4.69) is 10.4 Å². The van der Waals surface area contributed by atoms with Gasteiger partial charge in [0.25, 0.3) is 11.5 Å². The maximum absolute atomic E-state index is 13.0. The largest absolute Gasteiger partial charge is 0.494 e. The van der Waals surface area contributed by atoms with Gasteiger partial charge in [-0.3, -0.25) is 9.59 Å². The van der Waals surface area contributed by atoms with Gasteiger partial charge in [0, 0.05) is 5.69 Å². The molecule has 144 valence electrons. The summed E-state index contributed by atoms with van der Waals surface area (Å²) < 4.78 is 6.47. The fraction of sp³-hybridized carbons (Fsp3) is 0.227. The Labute approximate surface area is 163 Å². The summed E-state index contributed by atoms with van der Waals surface area (Å²) in [6, 6.07) is 12.6. The second kappa shape index (κ2) is 7.68. The molecule has 0 radical (unpaired) electrons. The van der Waals surface area contributed by atoms with Crippen LogP contribution in [0.2, 0.25) is 0 Å². The zero-order chi connectivity index (χ0) is 20.4. The summed E-state index contributed by atoms with van der Waals surface area (Å²) in [7, 11) is 1.41. The van der Waals surface area contributed by atoms with Gasteiger partial charge in [-0.1, -0.05) is 35.9 Å². The van der Waals surface area contributed by atoms with Crippen molar-refractivity contribution in [1.82, 2.24) is 9.78 Å². The highest BCUT2D eigenvalue weighted by Crippen LogP contribution is 2.24. The molecule has 0 aliphatic heterocycles. The molecule has 0 aliphatic rings. The minimum absolute atomic E-state index is 0.0460. The molecule has 0 saturated heterocycles. The molecule has 6 nitrogen and oxygen atoms in total. The van der Waals surface area contributed by atoms with Crippen molar-refractivity contribution in [1.29, 1.82) is 0 Å². The predicted octanol–water partition coefficient (Wildman–Crippen LogP) is 3.73. The number of nitrogens with one attached hydrogen (secondary N) is 1. The van der Waals surface area contributed by atoms with E-state index in [0.29, 0.717) is 5.69 Å². The van der Waals surface area contributed by atoms with E-state index < -0.39 is 5.91 Å². The number of para-hydroxylation sites is 1. The number of nitrogens with zero attached hydrogens (tertiary/aromatic N) is 2. The first-order chi connectivity index (χ1) is 13.3. The van der Waals surface area contributed by atoms with E-state index in [0.717, 1.165) is 27.9 Å². The Bertz CT molecular complexity index is 1090. The number of benzene rings is 2. The summed E-state index contributed by atoms with van der Waals surface area (Å²) in [4.78, 5) is 25.5. The second-order valence-electron chi connectivity index (χ2n) is 6.83. The molecule has 0 atom stereocenters. The Morgan fingerprint density at radius 1 is 1.00 bits per heavy atom. The van der Waals surface area contributed by atoms with E-state index >= 15 is 0 Å². The molecule has 0 fully saturated rings. The summed E-state index contributed by atoms with van der Waals surface area (Å²) in [5.41, 5.74) is 4.93. The van der Waals surface area contributed by atoms with Gasteiger partial charge in [0.05, 0.1) is 18.9 Å². The van der Waals surface area contributed by atoms with Gasteiger partial charge in [-0.25, -0.2) is 0 Å². The van der Waals surface area contributed by atoms with E-state index in [1.165, 1.54) is 17.9 Å². The van der Waals surface area contributed by atoms with Crippen molar-refractivity contribution in [3.05, 3.63) is 80.8 Å². The lowest BCUT2D eigenvalue weighted by molar-refractivity contribution is 0.101. The highest BCUT2D eigenvalue weighted by atomic mass is 16.5. The highest BCUT2D eigenvalue weighted by molar-refractivity contribution is 6.05. The minimum atomic E-state index is -0.436. The normalized spacial score (nSPS) is 10.6. The number of anilines is 1. The van der Waals surface area contributed by atoms with Crippen LogP contribution in [0.15, 0.2) is 47.3 Å². The number of aryl methyl sites for hydroxylation is 4. The molecule has 2 aromatic carbocycles. The third kappa shape index (κ3) is 3.67. The number of aromatic nitrogens is 2. The fourth-order valence-corrected chi connectivity index (χ4v) is 3.28. The van der Waals surface area contributed by atoms with E-state index in [-0.39, 0.29) is 17.0 Å². The van der Waals surface area contributed by atoms with E-state index in [1.54, 1.807) is 6.07 Å². The van der Waals surface area contributed by atoms with Gasteiger partial charge in [-0.15, -0.1) is 0 Å². The molecule has 6 heteroatoms. The standard InChI is InChI=1S/C22H23N3O3/c1-13-10-15(3)20(16(4)11-13)23-22(27)21-18(28-5)12-19(26)25(24-21)17-9-7-6-8-14(17)2/h6-12H,1-5H3,(H,23,27). The molecular weight excluding hydrogens is 354 g/mol. The molecule has 1 heterocycles. The molecule has 1 N–H and O–H groups in total. The van der Waals surface area contributed by atoms with Crippen LogP contribution in [0.5, 0.6) is 5.75 Å². The zero-order valence-electron chi connectivity index (χ0n) is 16.7. The van der Waals surface area contributed by atoms with Crippen LogP contribution in [0, 0.1) is 27.7 Å². The number of carbonyl (C=O) groups is 1. The fourth-order valence-electron chi connectivity index (χ4n) is 3.28. The van der Waals surface area contributed by atoms with Gasteiger partial charge in [-0.05, 0) is 50.5 Å². The van der Waals surface area contributed by atoms with Crippen molar-refractivity contribution >= 4 is 11.6 Å². The van der Waals surface area contributed by atoms with Crippen molar-refractivity contribution in [3.8, 4) is 11.4 Å². The highest BCUT2D eigenvalue weighted by Gasteiger charge is 2.20. The van der Waals surface area contributed by atoms with Gasteiger partial charge in [0.1, 0.15) is 0 Å². The van der Waals surface area contributed by atoms with Crippen LogP contribution >= 0.6 is 0 Å². The molecule has 0 unspecified atom stereocenters. The van der Waals surface area contributed by atoms with Gasteiger partial charge in [0.15, 0.2) is 11.4 Å². The molecule has 3 aromatic rings. The Balaban J connectivity index is 2.08. The van der Waals surface area contributed by atoms with Crippen molar-refractivity contribution in [2.24, 2.45) is 0 Å². The van der Waals surface area contributed by atoms with Crippen molar-refractivity contribution < 1.29 is 9.53 Å². The van der Waals surface area contributed by atoms with E-state index in [4.69, 9.17) is 4.74 Å². The Morgan fingerprint density at radius 3 is 2.25 bits per heavy atom. The molecule has 1 aromatic heterocycles. The average Bonchev–Trinajstić information content (AvgIpc) is 2.65. The summed E-state index contributed by atoms with van der Waals surface area (Å²) in [6.07, 6.45) is 0. The summed E-state index contributed by atoms with van der Waals surface area (Å²) in [6.45, 7) is 7.77. The summed E-state index contributed by atoms with van der Waals surface area (Å²) in [5.74, 6) is -0.302. The first-order valence-electron chi connectivity index (χ1n) is 8.95. The van der Waals surface area contributed by atoms with Gasteiger partial charge in [0.2, 0.25) is 0 Å². The maximum Gasteiger partial charge on any atom is 0.280 e. The van der Waals surface area contributed by atoms with Crippen LogP contribution in [-0.2, 0) is 0 Å². The lowest BCUT2D eigenvalue weighted by atomic mass is 10.0.